The number of hydrogen-bond acceptors (Lipinski definition) is 1. The lowest BCUT2D eigenvalue weighted by Crippen LogP contribution is -2.01. The molecule has 0 saturated heterocycles. The van der Waals surface area contributed by atoms with E-state index in [2.05, 4.69) is 32.2 Å². The number of benzene rings is 1. The Bertz CT molecular complexity index is 561. The normalized spacial score (nSPS) is 13.5. The predicted octanol–water partition coefficient (Wildman–Crippen LogP) is 6.89. The van der Waals surface area contributed by atoms with Gasteiger partial charge in [-0.1, -0.05) is 102 Å². The molecule has 1 rings (SSSR count). The molecule has 1 unspecified atom stereocenters. The summed E-state index contributed by atoms with van der Waals surface area (Å²) in [5.41, 5.74) is -0.768. The summed E-state index contributed by atoms with van der Waals surface area (Å²) >= 11 is 3.89. The third kappa shape index (κ3) is 12.3. The molecule has 0 aliphatic rings. The van der Waals surface area contributed by atoms with Gasteiger partial charge in [-0.3, -0.25) is 0 Å². The van der Waals surface area contributed by atoms with Crippen LogP contribution in [-0.4, -0.2) is 4.89 Å². The van der Waals surface area contributed by atoms with Gasteiger partial charge in [-0.15, -0.1) is 0 Å². The van der Waals surface area contributed by atoms with E-state index in [1.165, 1.54) is 81.8 Å². The van der Waals surface area contributed by atoms with Crippen LogP contribution in [0.5, 0.6) is 0 Å². The van der Waals surface area contributed by atoms with Gasteiger partial charge in [0, 0.05) is 11.6 Å². The van der Waals surface area contributed by atoms with Crippen LogP contribution < -0.4 is 4.89 Å². The van der Waals surface area contributed by atoms with Gasteiger partial charge >= 0.3 is 0 Å². The predicted molar refractivity (Wildman–Crippen MR) is 124 cm³/mol. The van der Waals surface area contributed by atoms with Crippen molar-refractivity contribution < 1.29 is 9.79 Å². The highest BCUT2D eigenvalue weighted by atomic mass is 32.9. The molecule has 5 heteroatoms. The summed E-state index contributed by atoms with van der Waals surface area (Å²) in [5, 5.41) is 0. The fourth-order valence-corrected chi connectivity index (χ4v) is 6.33. The van der Waals surface area contributed by atoms with Crippen LogP contribution in [0.3, 0.4) is 0 Å². The standard InChI is InChI=1S/C22H39O2PS2/c1-3-5-7-9-11-13-16-20-17-15-19-22(27-25(23,24)26)21(20)18-14-12-10-8-6-4-2/h15,17,19H,3-14,16,18H2,1-2H3,(H2-,23,24,26). The molecular weight excluding hydrogens is 391 g/mol. The summed E-state index contributed by atoms with van der Waals surface area (Å²) in [6.07, 6.45) is 17.5. The van der Waals surface area contributed by atoms with Crippen molar-refractivity contribution in [2.75, 3.05) is 0 Å². The molecule has 1 aromatic carbocycles. The van der Waals surface area contributed by atoms with E-state index in [4.69, 9.17) is 0 Å². The van der Waals surface area contributed by atoms with E-state index >= 15 is 0 Å². The van der Waals surface area contributed by atoms with Crippen molar-refractivity contribution >= 4 is 28.9 Å². The lowest BCUT2D eigenvalue weighted by molar-refractivity contribution is -0.170. The smallest absolute Gasteiger partial charge is 0.242 e. The Morgan fingerprint density at radius 2 is 1.37 bits per heavy atom. The number of rotatable bonds is 15. The van der Waals surface area contributed by atoms with Crippen molar-refractivity contribution in [2.45, 2.75) is 109 Å². The number of aryl methyl sites for hydroxylation is 1. The van der Waals surface area contributed by atoms with Gasteiger partial charge in [-0.25, -0.2) is 0 Å². The topological polar surface area (TPSA) is 43.3 Å². The molecule has 27 heavy (non-hydrogen) atoms. The number of thiol groups is 1. The molecule has 156 valence electrons. The highest BCUT2D eigenvalue weighted by molar-refractivity contribution is 8.61. The molecular formula is C22H39O2PS2. The van der Waals surface area contributed by atoms with Crippen LogP contribution in [0.15, 0.2) is 23.1 Å². The molecule has 0 saturated carbocycles. The Kier molecular flexibility index (Phi) is 14.0. The second kappa shape index (κ2) is 15.0. The fourth-order valence-electron chi connectivity index (χ4n) is 3.52. The van der Waals surface area contributed by atoms with Crippen LogP contribution >= 0.6 is 17.9 Å². The monoisotopic (exact) mass is 430 g/mol. The zero-order chi connectivity index (χ0) is 20.0. The van der Waals surface area contributed by atoms with Crippen molar-refractivity contribution in [3.8, 4) is 0 Å². The fraction of sp³-hybridized carbons (Fsp3) is 0.727. The van der Waals surface area contributed by atoms with Crippen LogP contribution in [0.25, 0.3) is 0 Å². The van der Waals surface area contributed by atoms with Gasteiger partial charge in [-0.2, -0.15) is 0 Å². The maximum Gasteiger partial charge on any atom is 0.242 e. The molecule has 1 atom stereocenters. The van der Waals surface area contributed by atoms with E-state index in [0.29, 0.717) is 0 Å². The minimum Gasteiger partial charge on any atom is -0.756 e. The highest BCUT2D eigenvalue weighted by Crippen LogP contribution is 2.40. The van der Waals surface area contributed by atoms with E-state index < -0.39 is 5.69 Å². The molecule has 0 heterocycles. The lowest BCUT2D eigenvalue weighted by Gasteiger charge is -2.11. The number of hydrogen-bond donors (Lipinski definition) is 2. The summed E-state index contributed by atoms with van der Waals surface area (Å²) < 4.78 is 0. The van der Waals surface area contributed by atoms with Gasteiger partial charge in [0.15, 0.2) is 0 Å². The zero-order valence-corrected chi connectivity index (χ0v) is 19.9. The van der Waals surface area contributed by atoms with Gasteiger partial charge in [0.2, 0.25) is 21.5 Å². The molecule has 0 amide bonds. The molecule has 0 spiro atoms. The quantitative estimate of drug-likeness (QED) is 0.138. The van der Waals surface area contributed by atoms with E-state index in [9.17, 15) is 9.79 Å². The molecule has 0 aliphatic heterocycles. The largest absolute Gasteiger partial charge is 0.756 e. The van der Waals surface area contributed by atoms with E-state index in [1.807, 2.05) is 12.1 Å². The summed E-state index contributed by atoms with van der Waals surface area (Å²) in [6, 6.07) is 6.23. The summed E-state index contributed by atoms with van der Waals surface area (Å²) in [5.74, 6) is 0. The SMILES string of the molecule is CCCCCCCCc1cccc([S+]=P([O-])(O)S)c1CCCCCCCC. The third-order valence-corrected chi connectivity index (χ3v) is 7.88. The van der Waals surface area contributed by atoms with Gasteiger partial charge in [0.05, 0.1) is 0 Å². The van der Waals surface area contributed by atoms with Crippen molar-refractivity contribution in [3.63, 3.8) is 0 Å². The summed E-state index contributed by atoms with van der Waals surface area (Å²) in [7, 11) is 1.04. The van der Waals surface area contributed by atoms with E-state index in [1.54, 1.807) is 0 Å². The molecule has 1 aromatic rings. The first-order valence-corrected chi connectivity index (χ1v) is 15.1. The third-order valence-electron chi connectivity index (χ3n) is 5.03. The minimum absolute atomic E-state index is 0.952. The van der Waals surface area contributed by atoms with Crippen LogP contribution in [0.2, 0.25) is 0 Å². The molecule has 1 N–H and O–H groups in total. The Morgan fingerprint density at radius 3 is 1.93 bits per heavy atom. The van der Waals surface area contributed by atoms with Gasteiger partial charge in [0.25, 0.3) is 0 Å². The maximum atomic E-state index is 11.8. The molecule has 0 aliphatic carbocycles. The Labute approximate surface area is 176 Å². The number of unbranched alkanes of at least 4 members (excludes halogenated alkanes) is 10. The van der Waals surface area contributed by atoms with E-state index in [0.717, 1.165) is 35.1 Å². The molecule has 2 nitrogen and oxygen atoms in total. The lowest BCUT2D eigenvalue weighted by atomic mass is 9.96. The summed E-state index contributed by atoms with van der Waals surface area (Å²) in [6.45, 7) is 4.49. The molecule has 0 fully saturated rings. The average Bonchev–Trinajstić information content (AvgIpc) is 2.61. The second-order valence-corrected chi connectivity index (χ2v) is 13.6. The van der Waals surface area contributed by atoms with Crippen molar-refractivity contribution in [2.24, 2.45) is 0 Å². The highest BCUT2D eigenvalue weighted by Gasteiger charge is 2.18. The van der Waals surface area contributed by atoms with Gasteiger partial charge in [0.1, 0.15) is 0 Å². The Morgan fingerprint density at radius 1 is 0.852 bits per heavy atom. The van der Waals surface area contributed by atoms with Crippen molar-refractivity contribution in [1.29, 1.82) is 0 Å². The zero-order valence-electron chi connectivity index (χ0n) is 17.3. The first kappa shape index (κ1) is 25.2. The van der Waals surface area contributed by atoms with Crippen LogP contribution in [-0.2, 0) is 23.8 Å². The first-order chi connectivity index (χ1) is 13.0. The Hall–Kier alpha value is 0.140. The minimum atomic E-state index is -3.42. The average molecular weight is 431 g/mol. The van der Waals surface area contributed by atoms with E-state index in [-0.39, 0.29) is 0 Å². The first-order valence-electron chi connectivity index (χ1n) is 10.8. The van der Waals surface area contributed by atoms with Crippen LogP contribution in [0.4, 0.5) is 0 Å². The molecule has 0 aromatic heterocycles. The van der Waals surface area contributed by atoms with Crippen molar-refractivity contribution in [3.05, 3.63) is 29.3 Å². The Balaban J connectivity index is 2.71. The van der Waals surface area contributed by atoms with Gasteiger partial charge in [-0.05, 0) is 31.2 Å². The summed E-state index contributed by atoms with van der Waals surface area (Å²) in [4.78, 5) is 22.5. The van der Waals surface area contributed by atoms with Crippen LogP contribution in [0, 0.1) is 0 Å². The van der Waals surface area contributed by atoms with Crippen LogP contribution in [0.1, 0.15) is 102 Å². The van der Waals surface area contributed by atoms with Crippen molar-refractivity contribution in [1.82, 2.24) is 0 Å². The van der Waals surface area contributed by atoms with Gasteiger partial charge < -0.3 is 9.79 Å². The maximum absolute atomic E-state index is 11.8. The molecule has 0 bridgehead atoms. The molecule has 0 radical (unpaired) electrons. The second-order valence-electron chi connectivity index (χ2n) is 7.51.